The molecule has 1 heterocycles. The number of amides is 2. The van der Waals surface area contributed by atoms with Crippen molar-refractivity contribution < 1.29 is 27.5 Å². The summed E-state index contributed by atoms with van der Waals surface area (Å²) in [5.41, 5.74) is 1.60. The van der Waals surface area contributed by atoms with E-state index in [-0.39, 0.29) is 35.6 Å². The molecule has 176 valence electrons. The molecule has 0 unspecified atom stereocenters. The van der Waals surface area contributed by atoms with Crippen LogP contribution in [-0.4, -0.2) is 40.0 Å². The predicted molar refractivity (Wildman–Crippen MR) is 121 cm³/mol. The van der Waals surface area contributed by atoms with Gasteiger partial charge in [-0.3, -0.25) is 9.59 Å². The highest BCUT2D eigenvalue weighted by atomic mass is 32.2. The molecule has 2 aliphatic rings. The van der Waals surface area contributed by atoms with Crippen molar-refractivity contribution in [2.75, 3.05) is 25.1 Å². The van der Waals surface area contributed by atoms with E-state index >= 15 is 0 Å². The fourth-order valence-electron chi connectivity index (χ4n) is 3.28. The number of ether oxygens (including phenoxy) is 2. The molecule has 9 nitrogen and oxygen atoms in total. The minimum atomic E-state index is -3.79. The second kappa shape index (κ2) is 10.2. The number of rotatable bonds is 9. The molecule has 1 aliphatic carbocycles. The summed E-state index contributed by atoms with van der Waals surface area (Å²) in [4.78, 5) is 24.0. The summed E-state index contributed by atoms with van der Waals surface area (Å²) < 4.78 is 38.6. The van der Waals surface area contributed by atoms with E-state index in [9.17, 15) is 18.0 Å². The van der Waals surface area contributed by atoms with Crippen LogP contribution in [0.25, 0.3) is 0 Å². The maximum atomic E-state index is 12.5. The van der Waals surface area contributed by atoms with Crippen LogP contribution in [0.2, 0.25) is 0 Å². The van der Waals surface area contributed by atoms with Crippen molar-refractivity contribution in [2.24, 2.45) is 5.92 Å². The molecule has 0 radical (unpaired) electrons. The Labute approximate surface area is 192 Å². The van der Waals surface area contributed by atoms with E-state index in [0.717, 1.165) is 30.5 Å². The van der Waals surface area contributed by atoms with Gasteiger partial charge in [0.15, 0.2) is 11.5 Å². The van der Waals surface area contributed by atoms with E-state index in [1.807, 2.05) is 12.1 Å². The molecule has 3 N–H and O–H groups in total. The van der Waals surface area contributed by atoms with E-state index in [1.54, 1.807) is 18.2 Å². The monoisotopic (exact) mass is 473 g/mol. The predicted octanol–water partition coefficient (Wildman–Crippen LogP) is 2.18. The molecule has 0 saturated heterocycles. The fourth-order valence-corrected chi connectivity index (χ4v) is 4.32. The van der Waals surface area contributed by atoms with Gasteiger partial charge < -0.3 is 20.1 Å². The molecule has 2 amide bonds. The van der Waals surface area contributed by atoms with Gasteiger partial charge in [-0.15, -0.1) is 0 Å². The van der Waals surface area contributed by atoms with Crippen LogP contribution in [0.3, 0.4) is 0 Å². The minimum Gasteiger partial charge on any atom is -0.490 e. The third-order valence-electron chi connectivity index (χ3n) is 5.33. The fraction of sp³-hybridized carbons (Fsp3) is 0.391. The van der Waals surface area contributed by atoms with Crippen LogP contribution >= 0.6 is 0 Å². The first kappa shape index (κ1) is 23.1. The standard InChI is InChI=1S/C23H27N3O6S/c27-22(24-15-16-2-6-18(7-3-16)26-23(28)17-4-5-17)10-11-25-33(29,30)19-8-9-20-21(14-19)32-13-1-12-31-20/h2-3,6-9,14,17,25H,1,4-5,10-13,15H2,(H,24,27)(H,26,28). The SMILES string of the molecule is O=C(CCNS(=O)(=O)c1ccc2c(c1)OCCCO2)NCc1ccc(NC(=O)C2CC2)cc1. The molecule has 10 heteroatoms. The van der Waals surface area contributed by atoms with Gasteiger partial charge in [-0.25, -0.2) is 13.1 Å². The zero-order valence-electron chi connectivity index (χ0n) is 18.1. The number of benzene rings is 2. The van der Waals surface area contributed by atoms with Gasteiger partial charge in [-0.2, -0.15) is 0 Å². The van der Waals surface area contributed by atoms with Gasteiger partial charge in [0.05, 0.1) is 18.1 Å². The molecule has 1 saturated carbocycles. The number of hydrogen-bond acceptors (Lipinski definition) is 6. The number of anilines is 1. The van der Waals surface area contributed by atoms with Crippen molar-refractivity contribution in [1.29, 1.82) is 0 Å². The average Bonchev–Trinajstić information content (AvgIpc) is 3.65. The van der Waals surface area contributed by atoms with Crippen molar-refractivity contribution in [1.82, 2.24) is 10.0 Å². The Balaban J connectivity index is 1.21. The minimum absolute atomic E-state index is 0.000683. The lowest BCUT2D eigenvalue weighted by molar-refractivity contribution is -0.121. The molecular weight excluding hydrogens is 446 g/mol. The number of hydrogen-bond donors (Lipinski definition) is 3. The third kappa shape index (κ3) is 6.45. The highest BCUT2D eigenvalue weighted by Gasteiger charge is 2.29. The largest absolute Gasteiger partial charge is 0.490 e. The van der Waals surface area contributed by atoms with Gasteiger partial charge in [0.2, 0.25) is 21.8 Å². The molecule has 0 atom stereocenters. The smallest absolute Gasteiger partial charge is 0.240 e. The van der Waals surface area contributed by atoms with Gasteiger partial charge in [0, 0.05) is 43.6 Å². The van der Waals surface area contributed by atoms with Gasteiger partial charge >= 0.3 is 0 Å². The summed E-state index contributed by atoms with van der Waals surface area (Å²) in [7, 11) is -3.79. The molecule has 33 heavy (non-hydrogen) atoms. The summed E-state index contributed by atoms with van der Waals surface area (Å²) in [6, 6.07) is 11.7. The van der Waals surface area contributed by atoms with Crippen molar-refractivity contribution in [3.8, 4) is 11.5 Å². The van der Waals surface area contributed by atoms with Gasteiger partial charge in [0.25, 0.3) is 0 Å². The molecule has 2 aromatic rings. The molecule has 0 spiro atoms. The van der Waals surface area contributed by atoms with E-state index in [2.05, 4.69) is 15.4 Å². The summed E-state index contributed by atoms with van der Waals surface area (Å²) in [5.74, 6) is 0.823. The van der Waals surface area contributed by atoms with E-state index < -0.39 is 10.0 Å². The van der Waals surface area contributed by atoms with E-state index in [0.29, 0.717) is 31.3 Å². The van der Waals surface area contributed by atoms with Crippen molar-refractivity contribution >= 4 is 27.5 Å². The van der Waals surface area contributed by atoms with Gasteiger partial charge in [-0.05, 0) is 42.7 Å². The Morgan fingerprint density at radius 1 is 0.970 bits per heavy atom. The molecule has 4 rings (SSSR count). The van der Waals surface area contributed by atoms with Crippen molar-refractivity contribution in [2.45, 2.75) is 37.1 Å². The highest BCUT2D eigenvalue weighted by Crippen LogP contribution is 2.32. The summed E-state index contributed by atoms with van der Waals surface area (Å²) in [6.45, 7) is 1.26. The Morgan fingerprint density at radius 2 is 1.70 bits per heavy atom. The number of sulfonamides is 1. The number of fused-ring (bicyclic) bond motifs is 1. The first-order valence-corrected chi connectivity index (χ1v) is 12.4. The lowest BCUT2D eigenvalue weighted by atomic mass is 10.2. The molecular formula is C23H27N3O6S. The number of nitrogens with one attached hydrogen (secondary N) is 3. The van der Waals surface area contributed by atoms with E-state index in [4.69, 9.17) is 9.47 Å². The Hall–Kier alpha value is -3.11. The normalized spacial score (nSPS) is 15.4. The Morgan fingerprint density at radius 3 is 2.42 bits per heavy atom. The number of carbonyl (C=O) groups is 2. The van der Waals surface area contributed by atoms with Gasteiger partial charge in [-0.1, -0.05) is 12.1 Å². The maximum Gasteiger partial charge on any atom is 0.240 e. The molecule has 1 fully saturated rings. The third-order valence-corrected chi connectivity index (χ3v) is 6.79. The summed E-state index contributed by atoms with van der Waals surface area (Å²) in [6.07, 6.45) is 2.62. The maximum absolute atomic E-state index is 12.5. The first-order valence-electron chi connectivity index (χ1n) is 11.0. The van der Waals surface area contributed by atoms with Crippen LogP contribution in [-0.2, 0) is 26.2 Å². The second-order valence-electron chi connectivity index (χ2n) is 8.04. The van der Waals surface area contributed by atoms with Crippen LogP contribution in [0.4, 0.5) is 5.69 Å². The Bertz CT molecular complexity index is 1110. The topological polar surface area (TPSA) is 123 Å². The summed E-state index contributed by atoms with van der Waals surface area (Å²) in [5, 5.41) is 5.63. The average molecular weight is 474 g/mol. The Kier molecular flexibility index (Phi) is 7.14. The van der Waals surface area contributed by atoms with Crippen molar-refractivity contribution in [3.63, 3.8) is 0 Å². The number of carbonyl (C=O) groups excluding carboxylic acids is 2. The quantitative estimate of drug-likeness (QED) is 0.513. The van der Waals surface area contributed by atoms with E-state index in [1.165, 1.54) is 12.1 Å². The molecule has 2 aromatic carbocycles. The lowest BCUT2D eigenvalue weighted by Crippen LogP contribution is -2.30. The molecule has 0 bridgehead atoms. The van der Waals surface area contributed by atoms with Crippen LogP contribution in [0.15, 0.2) is 47.4 Å². The first-order chi connectivity index (χ1) is 15.9. The van der Waals surface area contributed by atoms with Crippen molar-refractivity contribution in [3.05, 3.63) is 48.0 Å². The zero-order valence-corrected chi connectivity index (χ0v) is 18.9. The lowest BCUT2D eigenvalue weighted by Gasteiger charge is -2.11. The summed E-state index contributed by atoms with van der Waals surface area (Å²) >= 11 is 0. The van der Waals surface area contributed by atoms with Gasteiger partial charge in [0.1, 0.15) is 0 Å². The highest BCUT2D eigenvalue weighted by molar-refractivity contribution is 7.89. The van der Waals surface area contributed by atoms with Crippen LogP contribution in [0, 0.1) is 5.92 Å². The molecule has 1 aliphatic heterocycles. The van der Waals surface area contributed by atoms with Crippen LogP contribution in [0.1, 0.15) is 31.2 Å². The molecule has 0 aromatic heterocycles. The van der Waals surface area contributed by atoms with Crippen LogP contribution in [0.5, 0.6) is 11.5 Å². The van der Waals surface area contributed by atoms with Crippen LogP contribution < -0.4 is 24.8 Å². The second-order valence-corrected chi connectivity index (χ2v) is 9.81. The zero-order chi connectivity index (χ0) is 23.3.